The standard InChI is InChI=1S/C17H14F2N4O2S/c1-10-3-6-16(25-2)14(7-10)23-17(20-21-22-23)26-9-15(24)11-4-5-12(18)13(19)8-11/h3-8H,9H2,1-2H3. The third kappa shape index (κ3) is 3.72. The van der Waals surface area contributed by atoms with Crippen molar-refractivity contribution in [3.05, 3.63) is 59.2 Å². The number of nitrogens with zero attached hydrogens (tertiary/aromatic N) is 4. The zero-order valence-electron chi connectivity index (χ0n) is 13.9. The number of benzene rings is 2. The van der Waals surface area contributed by atoms with Gasteiger partial charge in [0.15, 0.2) is 17.4 Å². The van der Waals surface area contributed by atoms with Gasteiger partial charge in [-0.15, -0.1) is 5.10 Å². The highest BCUT2D eigenvalue weighted by Crippen LogP contribution is 2.27. The number of hydrogen-bond acceptors (Lipinski definition) is 6. The maximum absolute atomic E-state index is 13.3. The van der Waals surface area contributed by atoms with Crippen LogP contribution in [0.1, 0.15) is 15.9 Å². The Kier molecular flexibility index (Phi) is 5.27. The van der Waals surface area contributed by atoms with E-state index < -0.39 is 11.6 Å². The lowest BCUT2D eigenvalue weighted by atomic mass is 10.1. The van der Waals surface area contributed by atoms with Crippen LogP contribution in [-0.2, 0) is 0 Å². The van der Waals surface area contributed by atoms with E-state index in [1.165, 1.54) is 17.9 Å². The van der Waals surface area contributed by atoms with Crippen LogP contribution in [0.3, 0.4) is 0 Å². The first-order valence-electron chi connectivity index (χ1n) is 7.54. The molecule has 0 aliphatic carbocycles. The van der Waals surface area contributed by atoms with E-state index in [2.05, 4.69) is 15.5 Å². The highest BCUT2D eigenvalue weighted by atomic mass is 32.2. The summed E-state index contributed by atoms with van der Waals surface area (Å²) in [6.07, 6.45) is 0. The van der Waals surface area contributed by atoms with E-state index in [1.807, 2.05) is 19.1 Å². The number of methoxy groups -OCH3 is 1. The molecule has 0 bridgehead atoms. The molecule has 9 heteroatoms. The molecule has 6 nitrogen and oxygen atoms in total. The Morgan fingerprint density at radius 3 is 2.73 bits per heavy atom. The van der Waals surface area contributed by atoms with E-state index in [0.717, 1.165) is 29.5 Å². The van der Waals surface area contributed by atoms with Gasteiger partial charge in [-0.3, -0.25) is 4.79 Å². The normalized spacial score (nSPS) is 10.8. The summed E-state index contributed by atoms with van der Waals surface area (Å²) in [5.74, 6) is -1.87. The van der Waals surface area contributed by atoms with Crippen molar-refractivity contribution in [1.82, 2.24) is 20.2 Å². The smallest absolute Gasteiger partial charge is 0.214 e. The van der Waals surface area contributed by atoms with Crippen molar-refractivity contribution in [2.45, 2.75) is 12.1 Å². The highest BCUT2D eigenvalue weighted by Gasteiger charge is 2.16. The number of aromatic nitrogens is 4. The second-order valence-corrected chi connectivity index (χ2v) is 6.33. The molecule has 0 saturated heterocycles. The maximum Gasteiger partial charge on any atom is 0.214 e. The number of carbonyl (C=O) groups excluding carboxylic acids is 1. The van der Waals surface area contributed by atoms with Gasteiger partial charge in [0.05, 0.1) is 12.9 Å². The minimum atomic E-state index is -1.06. The summed E-state index contributed by atoms with van der Waals surface area (Å²) < 4.78 is 33.1. The maximum atomic E-state index is 13.3. The fourth-order valence-electron chi connectivity index (χ4n) is 2.27. The van der Waals surface area contributed by atoms with Crippen molar-refractivity contribution in [3.8, 4) is 11.4 Å². The number of Topliss-reactive ketones (excluding diaryl/α,β-unsaturated/α-hetero) is 1. The first-order chi connectivity index (χ1) is 12.5. The van der Waals surface area contributed by atoms with Crippen LogP contribution in [0.5, 0.6) is 5.75 Å². The fourth-order valence-corrected chi connectivity index (χ4v) is 3.05. The number of rotatable bonds is 6. The summed E-state index contributed by atoms with van der Waals surface area (Å²) in [7, 11) is 1.54. The third-order valence-corrected chi connectivity index (χ3v) is 4.50. The monoisotopic (exact) mass is 376 g/mol. The first kappa shape index (κ1) is 18.0. The van der Waals surface area contributed by atoms with Crippen LogP contribution in [0, 0.1) is 18.6 Å². The molecule has 0 fully saturated rings. The van der Waals surface area contributed by atoms with Crippen molar-refractivity contribution in [3.63, 3.8) is 0 Å². The number of ketones is 1. The van der Waals surface area contributed by atoms with Crippen molar-refractivity contribution in [1.29, 1.82) is 0 Å². The summed E-state index contributed by atoms with van der Waals surface area (Å²) >= 11 is 1.09. The quantitative estimate of drug-likeness (QED) is 0.486. The van der Waals surface area contributed by atoms with Crippen LogP contribution in [-0.4, -0.2) is 38.9 Å². The average molecular weight is 376 g/mol. The van der Waals surface area contributed by atoms with Crippen LogP contribution in [0.4, 0.5) is 8.78 Å². The van der Waals surface area contributed by atoms with Crippen LogP contribution in [0.25, 0.3) is 5.69 Å². The molecule has 2 aromatic carbocycles. The largest absolute Gasteiger partial charge is 0.494 e. The van der Waals surface area contributed by atoms with Gasteiger partial charge in [-0.05, 0) is 53.2 Å². The number of halogens is 2. The summed E-state index contributed by atoms with van der Waals surface area (Å²) in [4.78, 5) is 12.2. The van der Waals surface area contributed by atoms with E-state index in [0.29, 0.717) is 16.6 Å². The topological polar surface area (TPSA) is 69.9 Å². The molecule has 0 N–H and O–H groups in total. The molecule has 0 aliphatic rings. The molecule has 0 aliphatic heterocycles. The Morgan fingerprint density at radius 1 is 1.19 bits per heavy atom. The minimum absolute atomic E-state index is 0.0282. The number of ether oxygens (including phenoxy) is 1. The van der Waals surface area contributed by atoms with E-state index in [4.69, 9.17) is 4.74 Å². The van der Waals surface area contributed by atoms with Gasteiger partial charge >= 0.3 is 0 Å². The second-order valence-electron chi connectivity index (χ2n) is 5.39. The second kappa shape index (κ2) is 7.61. The molecule has 134 valence electrons. The minimum Gasteiger partial charge on any atom is -0.494 e. The van der Waals surface area contributed by atoms with Crippen LogP contribution >= 0.6 is 11.8 Å². The van der Waals surface area contributed by atoms with Gasteiger partial charge in [0.25, 0.3) is 0 Å². The average Bonchev–Trinajstić information content (AvgIpc) is 3.10. The van der Waals surface area contributed by atoms with E-state index >= 15 is 0 Å². The van der Waals surface area contributed by atoms with Crippen LogP contribution in [0.15, 0.2) is 41.6 Å². The SMILES string of the molecule is COc1ccc(C)cc1-n1nnnc1SCC(=O)c1ccc(F)c(F)c1. The summed E-state index contributed by atoms with van der Waals surface area (Å²) in [6.45, 7) is 1.92. The molecule has 3 rings (SSSR count). The first-order valence-corrected chi connectivity index (χ1v) is 8.52. The molecular formula is C17H14F2N4O2S. The number of tetrazole rings is 1. The van der Waals surface area contributed by atoms with E-state index in [-0.39, 0.29) is 17.1 Å². The summed E-state index contributed by atoms with van der Waals surface area (Å²) in [5.41, 5.74) is 1.72. The molecule has 0 saturated carbocycles. The van der Waals surface area contributed by atoms with Crippen LogP contribution < -0.4 is 4.74 Å². The van der Waals surface area contributed by atoms with Gasteiger partial charge < -0.3 is 4.74 Å². The zero-order valence-corrected chi connectivity index (χ0v) is 14.8. The molecular weight excluding hydrogens is 362 g/mol. The van der Waals surface area contributed by atoms with Gasteiger partial charge in [-0.25, -0.2) is 8.78 Å². The van der Waals surface area contributed by atoms with Gasteiger partial charge in [0.1, 0.15) is 11.4 Å². The highest BCUT2D eigenvalue weighted by molar-refractivity contribution is 7.99. The van der Waals surface area contributed by atoms with Crippen molar-refractivity contribution < 1.29 is 18.3 Å². The van der Waals surface area contributed by atoms with Gasteiger partial charge in [0, 0.05) is 5.56 Å². The zero-order chi connectivity index (χ0) is 18.7. The lowest BCUT2D eigenvalue weighted by Crippen LogP contribution is -2.06. The molecule has 26 heavy (non-hydrogen) atoms. The number of aryl methyl sites for hydroxylation is 1. The third-order valence-electron chi connectivity index (χ3n) is 3.58. The van der Waals surface area contributed by atoms with E-state index in [1.54, 1.807) is 6.07 Å². The Labute approximate surface area is 152 Å². The molecule has 3 aromatic rings. The molecule has 1 heterocycles. The van der Waals surface area contributed by atoms with Crippen molar-refractivity contribution in [2.75, 3.05) is 12.9 Å². The fraction of sp³-hybridized carbons (Fsp3) is 0.176. The number of hydrogen-bond donors (Lipinski definition) is 0. The lowest BCUT2D eigenvalue weighted by Gasteiger charge is -2.10. The number of carbonyl (C=O) groups is 1. The molecule has 0 spiro atoms. The van der Waals surface area contributed by atoms with Crippen LogP contribution in [0.2, 0.25) is 0 Å². The Bertz CT molecular complexity index is 962. The summed E-state index contributed by atoms with van der Waals surface area (Å²) in [6, 6.07) is 8.60. The van der Waals surface area contributed by atoms with Crippen molar-refractivity contribution >= 4 is 17.5 Å². The predicted molar refractivity (Wildman–Crippen MR) is 91.9 cm³/mol. The Morgan fingerprint density at radius 2 is 2.00 bits per heavy atom. The molecule has 0 unspecified atom stereocenters. The molecule has 0 amide bonds. The summed E-state index contributed by atoms with van der Waals surface area (Å²) in [5, 5.41) is 11.9. The molecule has 0 atom stereocenters. The predicted octanol–water partition coefficient (Wildman–Crippen LogP) is 3.23. The lowest BCUT2D eigenvalue weighted by molar-refractivity contribution is 0.102. The Hall–Kier alpha value is -2.81. The molecule has 1 aromatic heterocycles. The van der Waals surface area contributed by atoms with Gasteiger partial charge in [-0.1, -0.05) is 17.8 Å². The number of thioether (sulfide) groups is 1. The van der Waals surface area contributed by atoms with Gasteiger partial charge in [-0.2, -0.15) is 4.68 Å². The van der Waals surface area contributed by atoms with Crippen molar-refractivity contribution in [2.24, 2.45) is 0 Å². The molecule has 0 radical (unpaired) electrons. The van der Waals surface area contributed by atoms with E-state index in [9.17, 15) is 13.6 Å². The Balaban J connectivity index is 1.80. The van der Waals surface area contributed by atoms with Gasteiger partial charge in [0.2, 0.25) is 5.16 Å².